The van der Waals surface area contributed by atoms with Gasteiger partial charge >= 0.3 is 0 Å². The Morgan fingerprint density at radius 3 is 3.04 bits per heavy atom. The number of fused-ring (bicyclic) bond motifs is 5. The number of hydrogen-bond donors (Lipinski definition) is 1. The predicted molar refractivity (Wildman–Crippen MR) is 91.8 cm³/mol. The van der Waals surface area contributed by atoms with Crippen LogP contribution in [0.15, 0.2) is 43.1 Å². The number of piperidine rings is 1. The molecule has 2 unspecified atom stereocenters. The average molecular weight is 328 g/mol. The standard InChI is InChI=1S/C20H23FN2O/c1-3-13-12-23-9-7-14(13)10-18(21)20(23)16-6-8-22-19-5-4-15(24-2)11-17(16)19/h3-6,8,11,13-14,18,20H,1,7,9-10,12H2,2H3/p+2/t13?,14-,18+,20-/m0/s1. The largest absolute Gasteiger partial charge is 0.497 e. The van der Waals surface area contributed by atoms with Crippen molar-refractivity contribution >= 4 is 10.9 Å². The van der Waals surface area contributed by atoms with Crippen LogP contribution in [0.25, 0.3) is 10.9 Å². The molecule has 24 heavy (non-hydrogen) atoms. The molecule has 4 heteroatoms. The molecule has 5 rings (SSSR count). The fourth-order valence-electron chi connectivity index (χ4n) is 4.70. The van der Waals surface area contributed by atoms with Gasteiger partial charge in [-0.15, -0.1) is 6.58 Å². The number of methoxy groups -OCH3 is 1. The van der Waals surface area contributed by atoms with Crippen molar-refractivity contribution in [3.8, 4) is 5.75 Å². The second-order valence-corrected chi connectivity index (χ2v) is 7.13. The van der Waals surface area contributed by atoms with E-state index in [4.69, 9.17) is 4.74 Å². The summed E-state index contributed by atoms with van der Waals surface area (Å²) in [5.74, 6) is 1.70. The van der Waals surface area contributed by atoms with Crippen LogP contribution in [0.3, 0.4) is 0 Å². The molecular formula is C20H25FN2O+2. The van der Waals surface area contributed by atoms with Crippen LogP contribution in [0, 0.1) is 11.8 Å². The van der Waals surface area contributed by atoms with Crippen LogP contribution in [0.5, 0.6) is 5.75 Å². The van der Waals surface area contributed by atoms with E-state index < -0.39 is 6.17 Å². The smallest absolute Gasteiger partial charge is 0.211 e. The van der Waals surface area contributed by atoms with Gasteiger partial charge in [-0.3, -0.25) is 0 Å². The minimum atomic E-state index is -0.811. The van der Waals surface area contributed by atoms with E-state index in [0.29, 0.717) is 18.3 Å². The predicted octanol–water partition coefficient (Wildman–Crippen LogP) is 2.15. The zero-order valence-corrected chi connectivity index (χ0v) is 14.1. The van der Waals surface area contributed by atoms with Crippen LogP contribution in [0.2, 0.25) is 0 Å². The molecule has 5 atom stereocenters. The first-order valence-electron chi connectivity index (χ1n) is 8.81. The van der Waals surface area contributed by atoms with Crippen molar-refractivity contribution in [2.24, 2.45) is 11.8 Å². The van der Waals surface area contributed by atoms with Gasteiger partial charge in [0.15, 0.2) is 12.4 Å². The number of benzene rings is 1. The average Bonchev–Trinajstić information content (AvgIpc) is 2.86. The van der Waals surface area contributed by atoms with Gasteiger partial charge in [0.1, 0.15) is 11.8 Å². The summed E-state index contributed by atoms with van der Waals surface area (Å²) in [6.07, 6.45) is 4.91. The molecule has 3 nitrogen and oxygen atoms in total. The molecule has 3 fully saturated rings. The van der Waals surface area contributed by atoms with Crippen molar-refractivity contribution in [2.75, 3.05) is 20.2 Å². The lowest BCUT2D eigenvalue weighted by atomic mass is 9.84. The van der Waals surface area contributed by atoms with Gasteiger partial charge in [-0.1, -0.05) is 6.08 Å². The summed E-state index contributed by atoms with van der Waals surface area (Å²) < 4.78 is 20.6. The third-order valence-corrected chi connectivity index (χ3v) is 5.95. The summed E-state index contributed by atoms with van der Waals surface area (Å²) in [7, 11) is 1.67. The molecule has 0 saturated carbocycles. The number of pyridine rings is 1. The second-order valence-electron chi connectivity index (χ2n) is 7.13. The fraction of sp³-hybridized carbons (Fsp3) is 0.450. The molecule has 3 aliphatic heterocycles. The molecule has 2 bridgehead atoms. The molecule has 1 aromatic carbocycles. The van der Waals surface area contributed by atoms with Crippen LogP contribution in [-0.2, 0) is 0 Å². The zero-order valence-electron chi connectivity index (χ0n) is 14.1. The molecule has 4 heterocycles. The number of rotatable bonds is 3. The van der Waals surface area contributed by atoms with Crippen LogP contribution in [0.1, 0.15) is 24.4 Å². The van der Waals surface area contributed by atoms with Crippen LogP contribution >= 0.6 is 0 Å². The number of ether oxygens (including phenoxy) is 1. The van der Waals surface area contributed by atoms with Crippen molar-refractivity contribution in [3.05, 3.63) is 48.7 Å². The highest BCUT2D eigenvalue weighted by atomic mass is 19.1. The Kier molecular flexibility index (Phi) is 4.01. The Labute approximate surface area is 142 Å². The van der Waals surface area contributed by atoms with Crippen molar-refractivity contribution in [3.63, 3.8) is 0 Å². The monoisotopic (exact) mass is 328 g/mol. The third-order valence-electron chi connectivity index (χ3n) is 5.95. The summed E-state index contributed by atoms with van der Waals surface area (Å²) >= 11 is 0. The van der Waals surface area contributed by atoms with E-state index in [-0.39, 0.29) is 6.04 Å². The van der Waals surface area contributed by atoms with Gasteiger partial charge in [-0.25, -0.2) is 9.37 Å². The first-order valence-corrected chi connectivity index (χ1v) is 8.81. The molecule has 126 valence electrons. The third kappa shape index (κ3) is 2.49. The Morgan fingerprint density at radius 2 is 2.25 bits per heavy atom. The fourth-order valence-corrected chi connectivity index (χ4v) is 4.70. The second kappa shape index (κ2) is 6.17. The van der Waals surface area contributed by atoms with Gasteiger partial charge in [-0.2, -0.15) is 0 Å². The maximum atomic E-state index is 15.3. The molecule has 2 aromatic rings. The topological polar surface area (TPSA) is 27.8 Å². The lowest BCUT2D eigenvalue weighted by molar-refractivity contribution is -0.939. The van der Waals surface area contributed by atoms with Gasteiger partial charge in [0.05, 0.1) is 25.6 Å². The van der Waals surface area contributed by atoms with E-state index in [2.05, 4.69) is 11.6 Å². The summed E-state index contributed by atoms with van der Waals surface area (Å²) in [5, 5.41) is 1.07. The number of quaternary nitrogens is 1. The zero-order chi connectivity index (χ0) is 16.7. The van der Waals surface area contributed by atoms with Gasteiger partial charge in [0, 0.05) is 30.0 Å². The normalized spacial score (nSPS) is 32.5. The maximum absolute atomic E-state index is 15.3. The highest BCUT2D eigenvalue weighted by Crippen LogP contribution is 2.36. The van der Waals surface area contributed by atoms with Gasteiger partial charge in [-0.05, 0) is 24.5 Å². The summed E-state index contributed by atoms with van der Waals surface area (Å²) in [5.41, 5.74) is 2.12. The Balaban J connectivity index is 1.82. The number of alkyl halides is 1. The minimum absolute atomic E-state index is 0.107. The van der Waals surface area contributed by atoms with E-state index >= 15 is 4.39 Å². The van der Waals surface area contributed by atoms with Crippen LogP contribution in [-0.4, -0.2) is 26.4 Å². The van der Waals surface area contributed by atoms with E-state index in [1.54, 1.807) is 7.11 Å². The van der Waals surface area contributed by atoms with Crippen LogP contribution < -0.4 is 14.6 Å². The molecule has 2 N–H and O–H groups in total. The molecule has 3 saturated heterocycles. The maximum Gasteiger partial charge on any atom is 0.211 e. The van der Waals surface area contributed by atoms with Crippen molar-refractivity contribution in [1.29, 1.82) is 0 Å². The summed E-state index contributed by atoms with van der Waals surface area (Å²) in [4.78, 5) is 4.63. The SMILES string of the molecule is C=CC1C[NH+]2CC[C@H]1C[C@@H](F)[C@@H]2c1cc[nH+]c2ccc(OC)cc12. The van der Waals surface area contributed by atoms with E-state index in [0.717, 1.165) is 41.7 Å². The van der Waals surface area contributed by atoms with E-state index in [9.17, 15) is 0 Å². The highest BCUT2D eigenvalue weighted by Gasteiger charge is 2.45. The van der Waals surface area contributed by atoms with Crippen molar-refractivity contribution in [1.82, 2.24) is 0 Å². The Bertz CT molecular complexity index is 762. The molecule has 0 amide bonds. The first-order chi connectivity index (χ1) is 11.7. The van der Waals surface area contributed by atoms with Crippen molar-refractivity contribution < 1.29 is 19.0 Å². The number of halogens is 1. The first kappa shape index (κ1) is 15.6. The van der Waals surface area contributed by atoms with Gasteiger partial charge < -0.3 is 9.64 Å². The quantitative estimate of drug-likeness (QED) is 0.859. The number of nitrogens with one attached hydrogen (secondary N) is 2. The van der Waals surface area contributed by atoms with Crippen LogP contribution in [0.4, 0.5) is 4.39 Å². The molecular weight excluding hydrogens is 303 g/mol. The van der Waals surface area contributed by atoms with Crippen molar-refractivity contribution in [2.45, 2.75) is 25.1 Å². The minimum Gasteiger partial charge on any atom is -0.497 e. The van der Waals surface area contributed by atoms with Gasteiger partial charge in [0.25, 0.3) is 0 Å². The molecule has 0 aliphatic carbocycles. The number of aromatic nitrogens is 1. The van der Waals surface area contributed by atoms with Gasteiger partial charge in [0.2, 0.25) is 5.52 Å². The number of H-pyrrole nitrogens is 1. The molecule has 1 aromatic heterocycles. The lowest BCUT2D eigenvalue weighted by Gasteiger charge is -2.33. The highest BCUT2D eigenvalue weighted by molar-refractivity contribution is 5.81. The van der Waals surface area contributed by atoms with E-state index in [1.165, 1.54) is 4.90 Å². The molecule has 0 spiro atoms. The molecule has 3 aliphatic rings. The number of hydrogen-bond acceptors (Lipinski definition) is 1. The lowest BCUT2D eigenvalue weighted by Crippen LogP contribution is -3.14. The van der Waals surface area contributed by atoms with E-state index in [1.807, 2.05) is 36.5 Å². The molecule has 0 radical (unpaired) electrons. The number of aromatic amines is 1. The Morgan fingerprint density at radius 1 is 1.38 bits per heavy atom. The Hall–Kier alpha value is -1.94. The summed E-state index contributed by atoms with van der Waals surface area (Å²) in [6, 6.07) is 7.92. The summed E-state index contributed by atoms with van der Waals surface area (Å²) in [6.45, 7) is 6.02.